The monoisotopic (exact) mass is 1110 g/mol. The zero-order valence-corrected chi connectivity index (χ0v) is 43.6. The maximum Gasteiger partial charge on any atom is 0.415 e. The molecule has 4 heterocycles. The third-order valence-electron chi connectivity index (χ3n) is 12.8. The van der Waals surface area contributed by atoms with E-state index in [1.807, 2.05) is 36.4 Å². The van der Waals surface area contributed by atoms with Gasteiger partial charge in [-0.3, -0.25) is 33.7 Å². The summed E-state index contributed by atoms with van der Waals surface area (Å²) in [5.74, 6) is -1.62. The van der Waals surface area contributed by atoms with Crippen LogP contribution in [0.4, 0.5) is 16.2 Å². The molecule has 7 amide bonds. The van der Waals surface area contributed by atoms with E-state index >= 15 is 0 Å². The summed E-state index contributed by atoms with van der Waals surface area (Å²) >= 11 is 3.68. The molecule has 0 spiro atoms. The standard InChI is InChI=1S/C54H60BrN9O12/c1-35(60-61-48(66)15-22-72-24-26-74-28-29-75-27-25-73-23-18-57-47(65)14-19-63-49(67)12-13-50(63)68)36-6-8-37(9-7-36)52(69)58-40-10-11-43-38(30-40)31-44(59-43)53(70)64-34-39(33-55)51-42-5-3-2-4-41(42)46(32-45(51)64)76-54(71)62-20-16-56-17-21-62/h2-13,30-32,39,56,59H,14-29,33-34H2,1H3,(H,57,65)(H,58,69)(H,61,66)/b60-35+/t39-/m1/s1. The zero-order chi connectivity index (χ0) is 53.4. The maximum atomic E-state index is 14.4. The van der Waals surface area contributed by atoms with Crippen LogP contribution in [0.15, 0.2) is 96.1 Å². The molecule has 5 aromatic rings. The van der Waals surface area contributed by atoms with Crippen molar-refractivity contribution in [2.75, 3.05) is 114 Å². The largest absolute Gasteiger partial charge is 0.415 e. The number of nitrogens with zero attached hydrogens (tertiary/aromatic N) is 4. The number of amides is 7. The van der Waals surface area contributed by atoms with Gasteiger partial charge in [-0.05, 0) is 59.8 Å². The molecule has 5 N–H and O–H groups in total. The number of carbonyl (C=O) groups excluding carboxylic acids is 7. The number of hydrazone groups is 1. The number of rotatable bonds is 25. The molecule has 0 radical (unpaired) electrons. The summed E-state index contributed by atoms with van der Waals surface area (Å²) in [6.07, 6.45) is 2.05. The van der Waals surface area contributed by atoms with Crippen LogP contribution in [0.3, 0.4) is 0 Å². The number of hydrogen-bond acceptors (Lipinski definition) is 14. The molecule has 21 nitrogen and oxygen atoms in total. The molecule has 1 saturated heterocycles. The van der Waals surface area contributed by atoms with Crippen LogP contribution < -0.4 is 31.0 Å². The minimum absolute atomic E-state index is 0.000405. The molecule has 8 rings (SSSR count). The number of alkyl halides is 1. The molecule has 76 heavy (non-hydrogen) atoms. The van der Waals surface area contributed by atoms with Crippen molar-refractivity contribution < 1.29 is 57.2 Å². The highest BCUT2D eigenvalue weighted by molar-refractivity contribution is 9.09. The van der Waals surface area contributed by atoms with Gasteiger partial charge in [-0.25, -0.2) is 10.2 Å². The Morgan fingerprint density at radius 1 is 0.750 bits per heavy atom. The number of anilines is 2. The van der Waals surface area contributed by atoms with Crippen molar-refractivity contribution in [3.05, 3.63) is 113 Å². The van der Waals surface area contributed by atoms with E-state index in [0.717, 1.165) is 32.1 Å². The van der Waals surface area contributed by atoms with E-state index in [9.17, 15) is 33.6 Å². The van der Waals surface area contributed by atoms with Gasteiger partial charge in [-0.2, -0.15) is 5.10 Å². The fourth-order valence-corrected chi connectivity index (χ4v) is 9.30. The number of imide groups is 1. The Morgan fingerprint density at radius 3 is 2.11 bits per heavy atom. The van der Waals surface area contributed by atoms with Gasteiger partial charge < -0.3 is 54.4 Å². The van der Waals surface area contributed by atoms with Crippen LogP contribution in [-0.4, -0.2) is 166 Å². The van der Waals surface area contributed by atoms with Gasteiger partial charge in [0.25, 0.3) is 23.6 Å². The molecule has 0 saturated carbocycles. The van der Waals surface area contributed by atoms with E-state index < -0.39 is 17.9 Å². The Kier molecular flexibility index (Phi) is 19.5. The number of fused-ring (bicyclic) bond motifs is 4. The number of aromatic nitrogens is 1. The molecular formula is C54H60BrN9O12. The van der Waals surface area contributed by atoms with Gasteiger partial charge in [0.15, 0.2) is 0 Å². The molecule has 400 valence electrons. The van der Waals surface area contributed by atoms with Gasteiger partial charge >= 0.3 is 6.09 Å². The first kappa shape index (κ1) is 54.9. The SMILES string of the molecule is C/C(=N\NC(=O)CCOCCOCCOCCOCCNC(=O)CCN1C(=O)C=CC1=O)c1ccc(C(=O)Nc2ccc3[nH]c(C(=O)N4C[C@@H](CBr)c5c4cc(OC(=O)N4CCNCC4)c4ccccc54)cc3c2)cc1. The van der Waals surface area contributed by atoms with Gasteiger partial charge in [0.2, 0.25) is 11.8 Å². The lowest BCUT2D eigenvalue weighted by atomic mass is 9.95. The van der Waals surface area contributed by atoms with E-state index in [2.05, 4.69) is 47.4 Å². The second-order valence-corrected chi connectivity index (χ2v) is 18.6. The first-order valence-electron chi connectivity index (χ1n) is 25.1. The fraction of sp³-hybridized carbons (Fsp3) is 0.370. The number of carbonyl (C=O) groups is 7. The molecule has 0 bridgehead atoms. The van der Waals surface area contributed by atoms with Gasteiger partial charge in [0.05, 0.1) is 70.7 Å². The Hall–Kier alpha value is -7.34. The summed E-state index contributed by atoms with van der Waals surface area (Å²) in [5, 5.41) is 16.2. The van der Waals surface area contributed by atoms with Crippen LogP contribution in [0.5, 0.6) is 5.75 Å². The first-order valence-corrected chi connectivity index (χ1v) is 26.2. The molecule has 0 aliphatic carbocycles. The van der Waals surface area contributed by atoms with Crippen molar-refractivity contribution in [3.8, 4) is 5.75 Å². The smallest absolute Gasteiger partial charge is 0.409 e. The molecule has 1 atom stereocenters. The lowest BCUT2D eigenvalue weighted by Crippen LogP contribution is -2.47. The molecule has 3 aliphatic heterocycles. The van der Waals surface area contributed by atoms with Crippen molar-refractivity contribution in [2.24, 2.45) is 5.10 Å². The van der Waals surface area contributed by atoms with Gasteiger partial charge in [0, 0.05) is 109 Å². The van der Waals surface area contributed by atoms with Gasteiger partial charge in [0.1, 0.15) is 11.4 Å². The van der Waals surface area contributed by atoms with E-state index in [1.54, 1.807) is 59.2 Å². The average molecular weight is 1110 g/mol. The average Bonchev–Trinajstić information content (AvgIpc) is 4.14. The second-order valence-electron chi connectivity index (χ2n) is 17.9. The summed E-state index contributed by atoms with van der Waals surface area (Å²) in [6.45, 7) is 7.43. The summed E-state index contributed by atoms with van der Waals surface area (Å²) in [4.78, 5) is 96.0. The van der Waals surface area contributed by atoms with Crippen LogP contribution in [0.25, 0.3) is 21.7 Å². The van der Waals surface area contributed by atoms with Crippen molar-refractivity contribution in [1.82, 2.24) is 30.8 Å². The van der Waals surface area contributed by atoms with Crippen LogP contribution >= 0.6 is 15.9 Å². The van der Waals surface area contributed by atoms with E-state index in [1.165, 1.54) is 12.2 Å². The third-order valence-corrected chi connectivity index (χ3v) is 13.6. The van der Waals surface area contributed by atoms with Crippen molar-refractivity contribution >= 4 is 96.2 Å². The number of ether oxygens (including phenoxy) is 5. The van der Waals surface area contributed by atoms with E-state index in [-0.39, 0.29) is 62.1 Å². The summed E-state index contributed by atoms with van der Waals surface area (Å²) < 4.78 is 27.9. The predicted molar refractivity (Wildman–Crippen MR) is 287 cm³/mol. The Labute approximate surface area is 446 Å². The highest BCUT2D eigenvalue weighted by Gasteiger charge is 2.36. The minimum Gasteiger partial charge on any atom is -0.409 e. The number of nitrogens with one attached hydrogen (secondary N) is 5. The molecule has 22 heteroatoms. The van der Waals surface area contributed by atoms with Crippen LogP contribution in [-0.2, 0) is 38.1 Å². The van der Waals surface area contributed by atoms with E-state index in [4.69, 9.17) is 23.7 Å². The third kappa shape index (κ3) is 14.3. The number of piperazine rings is 1. The topological polar surface area (TPSA) is 252 Å². The number of aromatic amines is 1. The first-order chi connectivity index (χ1) is 37.0. The molecule has 3 aliphatic rings. The van der Waals surface area contributed by atoms with E-state index in [0.29, 0.717) is 124 Å². The Balaban J connectivity index is 0.718. The van der Waals surface area contributed by atoms with Gasteiger partial charge in [-0.1, -0.05) is 52.3 Å². The molecule has 1 aromatic heterocycles. The van der Waals surface area contributed by atoms with Gasteiger partial charge in [-0.15, -0.1) is 0 Å². The zero-order valence-electron chi connectivity index (χ0n) is 42.0. The van der Waals surface area contributed by atoms with Crippen molar-refractivity contribution in [3.63, 3.8) is 0 Å². The number of H-pyrrole nitrogens is 1. The maximum absolute atomic E-state index is 14.4. The van der Waals surface area contributed by atoms with Crippen LogP contribution in [0.2, 0.25) is 0 Å². The second kappa shape index (κ2) is 26.9. The van der Waals surface area contributed by atoms with Crippen molar-refractivity contribution in [2.45, 2.75) is 25.7 Å². The quantitative estimate of drug-likeness (QED) is 0.0173. The highest BCUT2D eigenvalue weighted by Crippen LogP contribution is 2.46. The number of halogens is 1. The Morgan fingerprint density at radius 2 is 1.41 bits per heavy atom. The number of hydrogen-bond donors (Lipinski definition) is 5. The highest BCUT2D eigenvalue weighted by atomic mass is 79.9. The lowest BCUT2D eigenvalue weighted by molar-refractivity contribution is -0.137. The summed E-state index contributed by atoms with van der Waals surface area (Å²) in [7, 11) is 0. The predicted octanol–water partition coefficient (Wildman–Crippen LogP) is 4.84. The summed E-state index contributed by atoms with van der Waals surface area (Å²) in [6, 6.07) is 23.6. The Bertz CT molecular complexity index is 2970. The molecule has 4 aromatic carbocycles. The summed E-state index contributed by atoms with van der Waals surface area (Å²) in [5.41, 5.74) is 7.52. The molecule has 0 unspecified atom stereocenters. The molecule has 1 fully saturated rings. The normalized spacial score (nSPS) is 15.4. The minimum atomic E-state index is -0.425. The van der Waals surface area contributed by atoms with Crippen molar-refractivity contribution in [1.29, 1.82) is 0 Å². The molecular weight excluding hydrogens is 1050 g/mol. The number of benzene rings is 4. The van der Waals surface area contributed by atoms with Crippen LogP contribution in [0, 0.1) is 0 Å². The van der Waals surface area contributed by atoms with Crippen LogP contribution in [0.1, 0.15) is 57.7 Å². The lowest BCUT2D eigenvalue weighted by Gasteiger charge is -2.27. The fourth-order valence-electron chi connectivity index (χ4n) is 8.77.